The number of carbonyl (C=O) groups is 4. The van der Waals surface area contributed by atoms with Crippen molar-refractivity contribution in [3.05, 3.63) is 22.5 Å². The maximum absolute atomic E-state index is 12.8. The summed E-state index contributed by atoms with van der Waals surface area (Å²) in [6, 6.07) is -1.22. The van der Waals surface area contributed by atoms with E-state index in [1.54, 1.807) is 0 Å². The van der Waals surface area contributed by atoms with Crippen LogP contribution in [-0.4, -0.2) is 76.2 Å². The third kappa shape index (κ3) is 5.17. The molecule has 1 aromatic heterocycles. The van der Waals surface area contributed by atoms with Crippen LogP contribution in [0.4, 0.5) is 5.13 Å². The number of carboxylic acids is 1. The quantitative estimate of drug-likeness (QED) is 0.130. The molecule has 13 nitrogen and oxygen atoms in total. The van der Waals surface area contributed by atoms with E-state index in [9.17, 15) is 24.3 Å². The van der Waals surface area contributed by atoms with Gasteiger partial charge in [-0.25, -0.2) is 4.98 Å². The van der Waals surface area contributed by atoms with Crippen molar-refractivity contribution in [3.8, 4) is 0 Å². The molecule has 0 saturated carbocycles. The second kappa shape index (κ2) is 10.9. The van der Waals surface area contributed by atoms with Gasteiger partial charge in [0.1, 0.15) is 42.3 Å². The number of aliphatic carboxylic acids is 1. The number of fused-ring (bicyclic) bond motifs is 1. The zero-order valence-corrected chi connectivity index (χ0v) is 21.9. The molecule has 0 bridgehead atoms. The van der Waals surface area contributed by atoms with Crippen molar-refractivity contribution in [1.82, 2.24) is 20.5 Å². The van der Waals surface area contributed by atoms with Crippen molar-refractivity contribution in [1.29, 1.82) is 0 Å². The smallest absolute Gasteiger partial charge is 0.543 e. The van der Waals surface area contributed by atoms with Crippen LogP contribution in [0, 0.1) is 0 Å². The van der Waals surface area contributed by atoms with Crippen LogP contribution in [0.5, 0.6) is 0 Å². The number of β-lactam (4-membered cyclic amide) rings is 1. The number of hydrogen-bond donors (Lipinski definition) is 3. The minimum Gasteiger partial charge on any atom is -0.543 e. The molecule has 3 aliphatic rings. The van der Waals surface area contributed by atoms with E-state index in [2.05, 4.69) is 20.8 Å². The number of thioether (sulfide) groups is 1. The third-order valence-corrected chi connectivity index (χ3v) is 7.05. The van der Waals surface area contributed by atoms with Gasteiger partial charge in [-0.1, -0.05) is 5.16 Å². The SMILES string of the molecule is CO/N=C(\C(=O)N[C@@H]1C(=O)N2C(C(=O)[O-])=C(OCC3CCC(=O)N3)CS[C@@H]12)c1csc(N)n1.[Na+]. The topological polar surface area (TPSA) is 188 Å². The fourth-order valence-corrected chi connectivity index (χ4v) is 5.42. The summed E-state index contributed by atoms with van der Waals surface area (Å²) >= 11 is 2.33. The minimum atomic E-state index is -1.57. The number of nitrogens with one attached hydrogen (secondary N) is 2. The average Bonchev–Trinajstić information content (AvgIpc) is 3.40. The molecule has 3 amide bonds. The summed E-state index contributed by atoms with van der Waals surface area (Å²) < 4.78 is 5.62. The summed E-state index contributed by atoms with van der Waals surface area (Å²) in [6.45, 7) is 0.0822. The van der Waals surface area contributed by atoms with Gasteiger partial charge in [0.25, 0.3) is 11.8 Å². The van der Waals surface area contributed by atoms with Crippen LogP contribution in [0.3, 0.4) is 0 Å². The number of rotatable bonds is 8. The van der Waals surface area contributed by atoms with Crippen molar-refractivity contribution in [3.63, 3.8) is 0 Å². The minimum absolute atomic E-state index is 0. The Morgan fingerprint density at radius 2 is 2.21 bits per heavy atom. The van der Waals surface area contributed by atoms with E-state index in [4.69, 9.17) is 15.3 Å². The van der Waals surface area contributed by atoms with Gasteiger partial charge in [-0.2, -0.15) is 0 Å². The van der Waals surface area contributed by atoms with Crippen LogP contribution in [0.2, 0.25) is 0 Å². The molecule has 2 fully saturated rings. The van der Waals surface area contributed by atoms with Crippen LogP contribution >= 0.6 is 23.1 Å². The van der Waals surface area contributed by atoms with E-state index >= 15 is 0 Å². The summed E-state index contributed by atoms with van der Waals surface area (Å²) in [5.41, 5.74) is 5.24. The first-order valence-corrected chi connectivity index (χ1v) is 11.7. The van der Waals surface area contributed by atoms with Gasteiger partial charge in [0.15, 0.2) is 10.8 Å². The normalized spacial score (nSPS) is 24.0. The molecule has 4 N–H and O–H groups in total. The van der Waals surface area contributed by atoms with Gasteiger partial charge in [0.05, 0.1) is 17.8 Å². The Labute approximate surface area is 223 Å². The standard InChI is InChI=1S/C18H20N6O7S2.Na/c1-30-23-11(8-5-33-18(19)21-8)14(26)22-12-15(27)24-13(17(28)29)9(6-32-16(12)24)31-4-7-2-3-10(25)20-7;/h5,7,12,16H,2-4,6H2,1H3,(H2,19,21)(H,20,25)(H,22,26)(H,28,29);/q;+1/p-1/b23-11-;/t7?,12-,16+;/m1./s1. The Morgan fingerprint density at radius 3 is 2.79 bits per heavy atom. The van der Waals surface area contributed by atoms with Gasteiger partial charge >= 0.3 is 29.6 Å². The molecule has 4 rings (SSSR count). The van der Waals surface area contributed by atoms with Crippen LogP contribution in [0.25, 0.3) is 0 Å². The Morgan fingerprint density at radius 1 is 1.44 bits per heavy atom. The first-order valence-electron chi connectivity index (χ1n) is 9.74. The van der Waals surface area contributed by atoms with E-state index in [1.807, 2.05) is 0 Å². The summed E-state index contributed by atoms with van der Waals surface area (Å²) in [7, 11) is 1.26. The van der Waals surface area contributed by atoms with Crippen LogP contribution in [0.1, 0.15) is 18.5 Å². The molecule has 1 unspecified atom stereocenters. The maximum Gasteiger partial charge on any atom is 1.00 e. The number of ether oxygens (including phenoxy) is 1. The van der Waals surface area contributed by atoms with Crippen molar-refractivity contribution in [2.75, 3.05) is 25.2 Å². The Hall–Kier alpha value is -2.33. The molecule has 2 saturated heterocycles. The Kier molecular flexibility index (Phi) is 8.46. The summed E-state index contributed by atoms with van der Waals surface area (Å²) in [5, 5.41) is 21.8. The fraction of sp³-hybridized carbons (Fsp3) is 0.444. The van der Waals surface area contributed by atoms with Crippen molar-refractivity contribution in [2.45, 2.75) is 30.3 Å². The number of carbonyl (C=O) groups excluding carboxylic acids is 4. The van der Waals surface area contributed by atoms with Gasteiger partial charge in [0, 0.05) is 11.8 Å². The largest absolute Gasteiger partial charge is 1.00 e. The van der Waals surface area contributed by atoms with E-state index in [1.165, 1.54) is 24.3 Å². The molecule has 16 heteroatoms. The average molecular weight is 519 g/mol. The first kappa shape index (κ1) is 26.3. The second-order valence-corrected chi connectivity index (χ2v) is 9.22. The number of aromatic nitrogens is 1. The molecule has 3 atom stereocenters. The number of carboxylic acid groups (broad SMARTS) is 1. The summed E-state index contributed by atoms with van der Waals surface area (Å²) in [6.07, 6.45) is 0.959. The molecule has 1 aromatic rings. The molecule has 0 radical (unpaired) electrons. The summed E-state index contributed by atoms with van der Waals surface area (Å²) in [4.78, 5) is 58.4. The van der Waals surface area contributed by atoms with E-state index < -0.39 is 29.2 Å². The molecule has 4 heterocycles. The van der Waals surface area contributed by atoms with Gasteiger partial charge in [-0.15, -0.1) is 23.1 Å². The number of nitrogens with zero attached hydrogens (tertiary/aromatic N) is 3. The molecule has 0 aromatic carbocycles. The zero-order chi connectivity index (χ0) is 23.7. The number of thiazole rings is 1. The maximum atomic E-state index is 12.8. The van der Waals surface area contributed by atoms with Gasteiger partial charge < -0.3 is 35.8 Å². The predicted octanol–water partition coefficient (Wildman–Crippen LogP) is -5.26. The zero-order valence-electron chi connectivity index (χ0n) is 18.2. The molecular formula is C18H19N6NaO7S2. The van der Waals surface area contributed by atoms with Gasteiger partial charge in [-0.3, -0.25) is 19.3 Å². The van der Waals surface area contributed by atoms with Crippen LogP contribution in [0.15, 0.2) is 22.0 Å². The van der Waals surface area contributed by atoms with E-state index in [0.717, 1.165) is 16.2 Å². The van der Waals surface area contributed by atoms with Crippen LogP contribution < -0.4 is 51.0 Å². The number of hydrogen-bond acceptors (Lipinski definition) is 12. The molecule has 176 valence electrons. The van der Waals surface area contributed by atoms with Crippen molar-refractivity contribution in [2.24, 2.45) is 5.16 Å². The number of anilines is 1. The third-order valence-electron chi connectivity index (χ3n) is 5.12. The Balaban J connectivity index is 0.00000324. The molecule has 0 spiro atoms. The number of nitrogen functional groups attached to an aromatic ring is 1. The number of amides is 3. The fourth-order valence-electron chi connectivity index (χ4n) is 3.60. The predicted molar refractivity (Wildman–Crippen MR) is 114 cm³/mol. The van der Waals surface area contributed by atoms with Gasteiger partial charge in [0.2, 0.25) is 5.91 Å². The van der Waals surface area contributed by atoms with Crippen molar-refractivity contribution < 1.29 is 63.4 Å². The molecular weight excluding hydrogens is 499 g/mol. The van der Waals surface area contributed by atoms with Crippen LogP contribution in [-0.2, 0) is 28.8 Å². The molecule has 3 aliphatic heterocycles. The summed E-state index contributed by atoms with van der Waals surface area (Å²) in [5.74, 6) is -2.79. The monoisotopic (exact) mass is 518 g/mol. The van der Waals surface area contributed by atoms with E-state index in [0.29, 0.717) is 12.8 Å². The molecule has 34 heavy (non-hydrogen) atoms. The van der Waals surface area contributed by atoms with Crippen molar-refractivity contribution >= 4 is 57.6 Å². The van der Waals surface area contributed by atoms with Gasteiger partial charge in [-0.05, 0) is 6.42 Å². The number of oxime groups is 1. The first-order chi connectivity index (χ1) is 15.8. The second-order valence-electron chi connectivity index (χ2n) is 7.23. The van der Waals surface area contributed by atoms with E-state index in [-0.39, 0.29) is 81.9 Å². The Bertz CT molecular complexity index is 1080. The number of nitrogens with two attached hydrogens (primary N) is 1. The molecule has 0 aliphatic carbocycles.